The van der Waals surface area contributed by atoms with Crippen molar-refractivity contribution in [3.8, 4) is 0 Å². The highest BCUT2D eigenvalue weighted by Crippen LogP contribution is 2.29. The number of nitrogens with zero attached hydrogens (tertiary/aromatic N) is 1. The summed E-state index contributed by atoms with van der Waals surface area (Å²) in [7, 11) is 0. The van der Waals surface area contributed by atoms with E-state index in [-0.39, 0.29) is 11.0 Å². The van der Waals surface area contributed by atoms with Gasteiger partial charge < -0.3 is 4.52 Å². The van der Waals surface area contributed by atoms with Crippen LogP contribution in [-0.4, -0.2) is 5.16 Å². The summed E-state index contributed by atoms with van der Waals surface area (Å²) in [5.74, 6) is -1.06. The molecule has 0 saturated heterocycles. The van der Waals surface area contributed by atoms with E-state index < -0.39 is 11.9 Å². The first-order valence-electron chi connectivity index (χ1n) is 2.63. The fourth-order valence-electron chi connectivity index (χ4n) is 0.508. The van der Waals surface area contributed by atoms with Crippen LogP contribution in [0.3, 0.4) is 0 Å². The lowest BCUT2D eigenvalue weighted by molar-refractivity contribution is -0.155. The van der Waals surface area contributed by atoms with E-state index in [1.54, 1.807) is 0 Å². The van der Waals surface area contributed by atoms with Crippen molar-refractivity contribution in [2.75, 3.05) is 0 Å². The zero-order chi connectivity index (χ0) is 8.48. The summed E-state index contributed by atoms with van der Waals surface area (Å²) in [6.07, 6.45) is -4.44. The maximum atomic E-state index is 11.8. The van der Waals surface area contributed by atoms with E-state index in [1.807, 2.05) is 0 Å². The Hall–Kier alpha value is -0.520. The van der Waals surface area contributed by atoms with E-state index in [0.717, 1.165) is 6.07 Å². The summed E-state index contributed by atoms with van der Waals surface area (Å²) >= 11 is 2.95. The number of alkyl halides is 4. The van der Waals surface area contributed by atoms with Crippen molar-refractivity contribution in [1.29, 1.82) is 0 Å². The molecule has 0 aliphatic carbocycles. The quantitative estimate of drug-likeness (QED) is 0.693. The van der Waals surface area contributed by atoms with E-state index in [9.17, 15) is 13.2 Å². The minimum atomic E-state index is -4.44. The van der Waals surface area contributed by atoms with E-state index in [4.69, 9.17) is 0 Å². The third kappa shape index (κ3) is 1.95. The van der Waals surface area contributed by atoms with E-state index in [1.165, 1.54) is 0 Å². The molecule has 6 heteroatoms. The molecule has 62 valence electrons. The Morgan fingerprint density at radius 2 is 2.18 bits per heavy atom. The van der Waals surface area contributed by atoms with Gasteiger partial charge in [0, 0.05) is 11.4 Å². The molecule has 0 saturated carbocycles. The largest absolute Gasteiger partial charge is 0.452 e. The van der Waals surface area contributed by atoms with Gasteiger partial charge in [-0.2, -0.15) is 13.2 Å². The third-order valence-electron chi connectivity index (χ3n) is 0.975. The first-order chi connectivity index (χ1) is 5.04. The van der Waals surface area contributed by atoms with Crippen LogP contribution in [0.4, 0.5) is 13.2 Å². The van der Waals surface area contributed by atoms with Gasteiger partial charge in [-0.15, -0.1) is 0 Å². The number of halogens is 4. The first kappa shape index (κ1) is 8.58. The first-order valence-corrected chi connectivity index (χ1v) is 3.75. The highest BCUT2D eigenvalue weighted by molar-refractivity contribution is 9.08. The number of hydrogen-bond donors (Lipinski definition) is 0. The molecule has 0 aliphatic rings. The smallest absolute Gasteiger partial charge is 0.351 e. The summed E-state index contributed by atoms with van der Waals surface area (Å²) in [5, 5.41) is 3.42. The van der Waals surface area contributed by atoms with Crippen molar-refractivity contribution >= 4 is 15.9 Å². The standard InChI is InChI=1S/C5H3BrF3NO/c6-2-3-1-4(11-10-3)5(7,8)9/h1H,2H2. The molecule has 0 amide bonds. The summed E-state index contributed by atoms with van der Waals surface area (Å²) in [6, 6.07) is 0.856. The Labute approximate surface area is 68.5 Å². The molecule has 2 nitrogen and oxygen atoms in total. The molecule has 1 heterocycles. The Bertz CT molecular complexity index is 244. The van der Waals surface area contributed by atoms with Crippen LogP contribution in [0.15, 0.2) is 10.6 Å². The van der Waals surface area contributed by atoms with Crippen LogP contribution in [0, 0.1) is 0 Å². The van der Waals surface area contributed by atoms with Gasteiger partial charge in [-0.05, 0) is 0 Å². The highest BCUT2D eigenvalue weighted by Gasteiger charge is 2.35. The van der Waals surface area contributed by atoms with Crippen LogP contribution >= 0.6 is 15.9 Å². The van der Waals surface area contributed by atoms with Crippen molar-refractivity contribution in [2.24, 2.45) is 0 Å². The molecule has 1 aromatic heterocycles. The minimum Gasteiger partial charge on any atom is -0.351 e. The number of hydrogen-bond acceptors (Lipinski definition) is 2. The molecule has 0 atom stereocenters. The second-order valence-electron chi connectivity index (χ2n) is 1.81. The van der Waals surface area contributed by atoms with Crippen LogP contribution in [0.1, 0.15) is 11.5 Å². The summed E-state index contributed by atoms with van der Waals surface area (Å²) < 4.78 is 39.4. The average molecular weight is 230 g/mol. The second kappa shape index (κ2) is 2.84. The van der Waals surface area contributed by atoms with Crippen LogP contribution in [0.25, 0.3) is 0 Å². The molecule has 1 aromatic rings. The van der Waals surface area contributed by atoms with Crippen LogP contribution < -0.4 is 0 Å². The third-order valence-corrected chi connectivity index (χ3v) is 1.55. The predicted octanol–water partition coefficient (Wildman–Crippen LogP) is 2.59. The Morgan fingerprint density at radius 1 is 1.55 bits per heavy atom. The maximum absolute atomic E-state index is 11.8. The molecule has 0 aromatic carbocycles. The van der Waals surface area contributed by atoms with Crippen molar-refractivity contribution in [3.63, 3.8) is 0 Å². The van der Waals surface area contributed by atoms with Gasteiger partial charge >= 0.3 is 6.18 Å². The summed E-state index contributed by atoms with van der Waals surface area (Å²) in [6.45, 7) is 0. The van der Waals surface area contributed by atoms with Gasteiger partial charge in [-0.3, -0.25) is 0 Å². The number of aromatic nitrogens is 1. The van der Waals surface area contributed by atoms with Gasteiger partial charge in [-0.1, -0.05) is 21.1 Å². The summed E-state index contributed by atoms with van der Waals surface area (Å²) in [4.78, 5) is 0. The fraction of sp³-hybridized carbons (Fsp3) is 0.400. The van der Waals surface area contributed by atoms with Gasteiger partial charge in [-0.25, -0.2) is 0 Å². The van der Waals surface area contributed by atoms with Crippen molar-refractivity contribution < 1.29 is 17.7 Å². The van der Waals surface area contributed by atoms with Gasteiger partial charge in [0.05, 0.1) is 5.69 Å². The molecule has 11 heavy (non-hydrogen) atoms. The molecule has 1 rings (SSSR count). The Kier molecular flexibility index (Phi) is 2.22. The predicted molar refractivity (Wildman–Crippen MR) is 34.1 cm³/mol. The average Bonchev–Trinajstić information content (AvgIpc) is 2.32. The lowest BCUT2D eigenvalue weighted by atomic mass is 10.4. The molecular formula is C5H3BrF3NO. The van der Waals surface area contributed by atoms with E-state index >= 15 is 0 Å². The Balaban J connectivity index is 2.89. The van der Waals surface area contributed by atoms with Crippen LogP contribution in [0.5, 0.6) is 0 Å². The minimum absolute atomic E-state index is 0.234. The lowest BCUT2D eigenvalue weighted by Gasteiger charge is -1.97. The zero-order valence-corrected chi connectivity index (χ0v) is 6.74. The Morgan fingerprint density at radius 3 is 2.45 bits per heavy atom. The fourth-order valence-corrected chi connectivity index (χ4v) is 0.773. The molecule has 0 unspecified atom stereocenters. The van der Waals surface area contributed by atoms with Crippen molar-refractivity contribution in [2.45, 2.75) is 11.5 Å². The number of rotatable bonds is 1. The van der Waals surface area contributed by atoms with Gasteiger partial charge in [0.25, 0.3) is 0 Å². The topological polar surface area (TPSA) is 26.0 Å². The van der Waals surface area contributed by atoms with Crippen LogP contribution in [-0.2, 0) is 11.5 Å². The van der Waals surface area contributed by atoms with Gasteiger partial charge in [0.1, 0.15) is 0 Å². The zero-order valence-electron chi connectivity index (χ0n) is 5.15. The SMILES string of the molecule is FC(F)(F)c1cc(CBr)no1. The lowest BCUT2D eigenvalue weighted by Crippen LogP contribution is -2.02. The molecule has 0 aliphatic heterocycles. The van der Waals surface area contributed by atoms with Gasteiger partial charge in [0.2, 0.25) is 5.76 Å². The van der Waals surface area contributed by atoms with Crippen LogP contribution in [0.2, 0.25) is 0 Å². The molecule has 0 fully saturated rings. The maximum Gasteiger partial charge on any atom is 0.452 e. The molecule has 0 spiro atoms. The highest BCUT2D eigenvalue weighted by atomic mass is 79.9. The molecule has 0 N–H and O–H groups in total. The van der Waals surface area contributed by atoms with Gasteiger partial charge in [0.15, 0.2) is 0 Å². The molecule has 0 bridgehead atoms. The van der Waals surface area contributed by atoms with Crippen molar-refractivity contribution in [3.05, 3.63) is 17.5 Å². The van der Waals surface area contributed by atoms with Crippen molar-refractivity contribution in [1.82, 2.24) is 5.16 Å². The molecular weight excluding hydrogens is 227 g/mol. The second-order valence-corrected chi connectivity index (χ2v) is 2.37. The summed E-state index contributed by atoms with van der Waals surface area (Å²) in [5.41, 5.74) is 0.234. The van der Waals surface area contributed by atoms with E-state index in [2.05, 4.69) is 25.6 Å². The normalized spacial score (nSPS) is 12.0. The van der Waals surface area contributed by atoms with E-state index in [0.29, 0.717) is 0 Å². The molecule has 0 radical (unpaired) electrons. The monoisotopic (exact) mass is 229 g/mol.